The van der Waals surface area contributed by atoms with Gasteiger partial charge in [-0.1, -0.05) is 12.5 Å². The Bertz CT molecular complexity index is 245. The molecule has 0 unspecified atom stereocenters. The van der Waals surface area contributed by atoms with Crippen molar-refractivity contribution in [3.63, 3.8) is 0 Å². The zero-order chi connectivity index (χ0) is 13.2. The van der Waals surface area contributed by atoms with Gasteiger partial charge in [0.05, 0.1) is 12.5 Å². The molecular formula is C15H27NO2. The van der Waals surface area contributed by atoms with Crippen LogP contribution in [0, 0.1) is 5.92 Å². The highest BCUT2D eigenvalue weighted by atomic mass is 16.5. The maximum Gasteiger partial charge on any atom is 0.309 e. The van der Waals surface area contributed by atoms with E-state index in [0.717, 1.165) is 32.4 Å². The summed E-state index contributed by atoms with van der Waals surface area (Å²) in [4.78, 5) is 14.1. The van der Waals surface area contributed by atoms with Crippen LogP contribution in [0.15, 0.2) is 12.7 Å². The molecule has 18 heavy (non-hydrogen) atoms. The maximum atomic E-state index is 11.6. The molecule has 1 aliphatic heterocycles. The average molecular weight is 253 g/mol. The lowest BCUT2D eigenvalue weighted by Crippen LogP contribution is -2.37. The van der Waals surface area contributed by atoms with Gasteiger partial charge in [0.1, 0.15) is 0 Å². The number of hydrogen-bond acceptors (Lipinski definition) is 3. The predicted octanol–water partition coefficient (Wildman–Crippen LogP) is 3.01. The molecule has 0 spiro atoms. The van der Waals surface area contributed by atoms with Crippen molar-refractivity contribution >= 4 is 5.97 Å². The monoisotopic (exact) mass is 253 g/mol. The zero-order valence-electron chi connectivity index (χ0n) is 11.7. The molecule has 0 amide bonds. The molecule has 0 aromatic rings. The van der Waals surface area contributed by atoms with E-state index >= 15 is 0 Å². The van der Waals surface area contributed by atoms with Gasteiger partial charge < -0.3 is 9.64 Å². The lowest BCUT2D eigenvalue weighted by atomic mass is 9.97. The van der Waals surface area contributed by atoms with E-state index < -0.39 is 0 Å². The summed E-state index contributed by atoms with van der Waals surface area (Å²) >= 11 is 0. The van der Waals surface area contributed by atoms with Gasteiger partial charge in [-0.3, -0.25) is 4.79 Å². The second-order valence-electron chi connectivity index (χ2n) is 5.01. The minimum absolute atomic E-state index is 0.00290. The summed E-state index contributed by atoms with van der Waals surface area (Å²) in [7, 11) is 0. The summed E-state index contributed by atoms with van der Waals surface area (Å²) in [5.74, 6) is 0.144. The fourth-order valence-corrected chi connectivity index (χ4v) is 2.45. The van der Waals surface area contributed by atoms with Crippen molar-refractivity contribution in [3.8, 4) is 0 Å². The quantitative estimate of drug-likeness (QED) is 0.378. The van der Waals surface area contributed by atoms with Gasteiger partial charge in [-0.25, -0.2) is 0 Å². The van der Waals surface area contributed by atoms with Crippen molar-refractivity contribution in [1.82, 2.24) is 4.90 Å². The third-order valence-corrected chi connectivity index (χ3v) is 3.59. The maximum absolute atomic E-state index is 11.6. The van der Waals surface area contributed by atoms with E-state index in [1.165, 1.54) is 25.8 Å². The van der Waals surface area contributed by atoms with Gasteiger partial charge in [0, 0.05) is 0 Å². The molecule has 0 aliphatic carbocycles. The van der Waals surface area contributed by atoms with Gasteiger partial charge in [0.2, 0.25) is 0 Å². The van der Waals surface area contributed by atoms with Crippen LogP contribution in [0.1, 0.15) is 45.4 Å². The number of carbonyl (C=O) groups excluding carboxylic acids is 1. The van der Waals surface area contributed by atoms with Crippen LogP contribution in [0.5, 0.6) is 0 Å². The molecule has 104 valence electrons. The van der Waals surface area contributed by atoms with Crippen LogP contribution >= 0.6 is 0 Å². The number of unbranched alkanes of at least 4 members (excludes halogenated alkanes) is 3. The molecular weight excluding hydrogens is 226 g/mol. The molecule has 0 saturated carbocycles. The molecule has 0 aromatic carbocycles. The van der Waals surface area contributed by atoms with Crippen molar-refractivity contribution < 1.29 is 9.53 Å². The van der Waals surface area contributed by atoms with Crippen LogP contribution in [-0.4, -0.2) is 37.1 Å². The van der Waals surface area contributed by atoms with Crippen molar-refractivity contribution in [1.29, 1.82) is 0 Å². The standard InChI is InChI=1S/C15H27NO2/c1-3-5-6-7-8-11-16-12-9-14(10-13-16)15(17)18-4-2/h3,14H,1,4-13H2,2H3. The number of nitrogens with zero attached hydrogens (tertiary/aromatic N) is 1. The number of esters is 1. The summed E-state index contributed by atoms with van der Waals surface area (Å²) in [6.07, 6.45) is 8.84. The Hall–Kier alpha value is -0.830. The molecule has 1 saturated heterocycles. The fourth-order valence-electron chi connectivity index (χ4n) is 2.45. The van der Waals surface area contributed by atoms with E-state index in [0.29, 0.717) is 6.61 Å². The van der Waals surface area contributed by atoms with Crippen molar-refractivity contribution in [2.75, 3.05) is 26.2 Å². The van der Waals surface area contributed by atoms with Crippen molar-refractivity contribution in [2.24, 2.45) is 5.92 Å². The first-order valence-corrected chi connectivity index (χ1v) is 7.27. The molecule has 0 aromatic heterocycles. The summed E-state index contributed by atoms with van der Waals surface area (Å²) in [5, 5.41) is 0. The number of ether oxygens (including phenoxy) is 1. The molecule has 0 atom stereocenters. The first kappa shape index (κ1) is 15.2. The smallest absolute Gasteiger partial charge is 0.309 e. The van der Waals surface area contributed by atoms with E-state index in [1.54, 1.807) is 0 Å². The van der Waals surface area contributed by atoms with Crippen LogP contribution < -0.4 is 0 Å². The first-order chi connectivity index (χ1) is 8.77. The SMILES string of the molecule is C=CCCCCCN1CCC(C(=O)OCC)CC1. The Kier molecular flexibility index (Phi) is 7.74. The second-order valence-corrected chi connectivity index (χ2v) is 5.01. The Morgan fingerprint density at radius 1 is 1.33 bits per heavy atom. The lowest BCUT2D eigenvalue weighted by molar-refractivity contribution is -0.149. The largest absolute Gasteiger partial charge is 0.466 e. The number of carbonyl (C=O) groups is 1. The Morgan fingerprint density at radius 3 is 2.67 bits per heavy atom. The highest BCUT2D eigenvalue weighted by molar-refractivity contribution is 5.72. The van der Waals surface area contributed by atoms with Crippen molar-refractivity contribution in [2.45, 2.75) is 45.4 Å². The predicted molar refractivity (Wildman–Crippen MR) is 74.5 cm³/mol. The van der Waals surface area contributed by atoms with Crippen molar-refractivity contribution in [3.05, 3.63) is 12.7 Å². The number of likely N-dealkylation sites (tertiary alicyclic amines) is 1. The van der Waals surface area contributed by atoms with Crippen LogP contribution in [0.2, 0.25) is 0 Å². The van der Waals surface area contributed by atoms with Gasteiger partial charge >= 0.3 is 5.97 Å². The number of rotatable bonds is 8. The Morgan fingerprint density at radius 2 is 2.06 bits per heavy atom. The van der Waals surface area contributed by atoms with Gasteiger partial charge in [-0.15, -0.1) is 6.58 Å². The summed E-state index contributed by atoms with van der Waals surface area (Å²) in [5.41, 5.74) is 0. The normalized spacial score (nSPS) is 17.6. The number of piperidine rings is 1. The third-order valence-electron chi connectivity index (χ3n) is 3.59. The van der Waals surface area contributed by atoms with Crippen LogP contribution in [0.25, 0.3) is 0 Å². The number of hydrogen-bond donors (Lipinski definition) is 0. The highest BCUT2D eigenvalue weighted by Crippen LogP contribution is 2.19. The fraction of sp³-hybridized carbons (Fsp3) is 0.800. The zero-order valence-corrected chi connectivity index (χ0v) is 11.7. The van der Waals surface area contributed by atoms with Crippen LogP contribution in [0.4, 0.5) is 0 Å². The minimum atomic E-state index is 0.00290. The summed E-state index contributed by atoms with van der Waals surface area (Å²) in [6.45, 7) is 9.37. The molecule has 0 radical (unpaired) electrons. The van der Waals surface area contributed by atoms with E-state index in [9.17, 15) is 4.79 Å². The van der Waals surface area contributed by atoms with Crippen LogP contribution in [0.3, 0.4) is 0 Å². The molecule has 1 rings (SSSR count). The topological polar surface area (TPSA) is 29.5 Å². The molecule has 0 N–H and O–H groups in total. The molecule has 0 bridgehead atoms. The lowest BCUT2D eigenvalue weighted by Gasteiger charge is -2.30. The van der Waals surface area contributed by atoms with Gasteiger partial charge in [0.25, 0.3) is 0 Å². The van der Waals surface area contributed by atoms with E-state index in [1.807, 2.05) is 13.0 Å². The Labute approximate surface area is 111 Å². The van der Waals surface area contributed by atoms with Crippen LogP contribution in [-0.2, 0) is 9.53 Å². The molecule has 1 fully saturated rings. The van der Waals surface area contributed by atoms with Gasteiger partial charge in [-0.05, 0) is 58.7 Å². The number of allylic oxidation sites excluding steroid dienone is 1. The molecule has 1 heterocycles. The van der Waals surface area contributed by atoms with E-state index in [2.05, 4.69) is 11.5 Å². The van der Waals surface area contributed by atoms with Gasteiger partial charge in [-0.2, -0.15) is 0 Å². The Balaban J connectivity index is 2.08. The molecule has 3 nitrogen and oxygen atoms in total. The summed E-state index contributed by atoms with van der Waals surface area (Å²) < 4.78 is 5.08. The summed E-state index contributed by atoms with van der Waals surface area (Å²) in [6, 6.07) is 0. The highest BCUT2D eigenvalue weighted by Gasteiger charge is 2.25. The average Bonchev–Trinajstić information content (AvgIpc) is 2.39. The second kappa shape index (κ2) is 9.15. The molecule has 3 heteroatoms. The minimum Gasteiger partial charge on any atom is -0.466 e. The molecule has 1 aliphatic rings. The first-order valence-electron chi connectivity index (χ1n) is 7.27. The van der Waals surface area contributed by atoms with E-state index in [-0.39, 0.29) is 11.9 Å². The van der Waals surface area contributed by atoms with E-state index in [4.69, 9.17) is 4.74 Å². The van der Waals surface area contributed by atoms with Gasteiger partial charge in [0.15, 0.2) is 0 Å². The third kappa shape index (κ3) is 5.67.